The molecule has 4 rings (SSSR count). The van der Waals surface area contributed by atoms with Crippen molar-refractivity contribution < 1.29 is 19.2 Å². The maximum absolute atomic E-state index is 13.5. The maximum Gasteiger partial charge on any atom is 0.338 e. The van der Waals surface area contributed by atoms with Gasteiger partial charge < -0.3 is 14.4 Å². The van der Waals surface area contributed by atoms with E-state index in [1.165, 1.54) is 12.5 Å². The number of nitrogens with zero attached hydrogens (tertiary/aromatic N) is 2. The van der Waals surface area contributed by atoms with Gasteiger partial charge in [0.2, 0.25) is 0 Å². The van der Waals surface area contributed by atoms with E-state index in [-0.39, 0.29) is 18.2 Å². The number of piperidine rings is 1. The molecule has 7 heteroatoms. The zero-order valence-electron chi connectivity index (χ0n) is 20.5. The lowest BCUT2D eigenvalue weighted by Crippen LogP contribution is -2.36. The predicted molar refractivity (Wildman–Crippen MR) is 134 cm³/mol. The van der Waals surface area contributed by atoms with Crippen molar-refractivity contribution in [2.75, 3.05) is 19.7 Å². The van der Waals surface area contributed by atoms with Gasteiger partial charge in [-0.2, -0.15) is 0 Å². The highest BCUT2D eigenvalue weighted by molar-refractivity contribution is 5.99. The second-order valence-corrected chi connectivity index (χ2v) is 9.18. The number of carbonyl (C=O) groups is 1. The number of esters is 1. The molecule has 1 fully saturated rings. The monoisotopic (exact) mass is 476 g/mol. The number of rotatable bonds is 7. The van der Waals surface area contributed by atoms with Crippen molar-refractivity contribution >= 4 is 17.4 Å². The number of nitro benzene ring substituents is 1. The van der Waals surface area contributed by atoms with E-state index >= 15 is 0 Å². The molecule has 0 saturated carbocycles. The standard InChI is InChI=1S/C28H32N2O5/c1-4-34-28(31)25-24(21-14-11-15-22(18-21)30(32)33)23(19(2)3)27(29-16-9-6-10-17-29)35-26(25)20-12-7-5-8-13-20/h5,7-8,11-15,18-19,24H,4,6,9-10,16-17H2,1-3H3/t24-/m0/s1. The number of allylic oxidation sites excluding steroid dienone is 1. The Morgan fingerprint density at radius 3 is 2.46 bits per heavy atom. The van der Waals surface area contributed by atoms with Gasteiger partial charge in [0.15, 0.2) is 5.88 Å². The molecule has 0 unspecified atom stereocenters. The molecule has 0 aromatic heterocycles. The van der Waals surface area contributed by atoms with Crippen LogP contribution < -0.4 is 0 Å². The Labute approximate surface area is 206 Å². The van der Waals surface area contributed by atoms with Gasteiger partial charge in [-0.1, -0.05) is 56.3 Å². The normalized spacial score (nSPS) is 18.5. The van der Waals surface area contributed by atoms with Gasteiger partial charge in [-0.25, -0.2) is 4.79 Å². The summed E-state index contributed by atoms with van der Waals surface area (Å²) in [4.78, 5) is 27.0. The number of hydrogen-bond acceptors (Lipinski definition) is 6. The zero-order chi connectivity index (χ0) is 24.9. The van der Waals surface area contributed by atoms with E-state index in [0.29, 0.717) is 16.9 Å². The van der Waals surface area contributed by atoms with Crippen LogP contribution in [0.4, 0.5) is 5.69 Å². The molecule has 35 heavy (non-hydrogen) atoms. The quantitative estimate of drug-likeness (QED) is 0.275. The molecule has 1 atom stereocenters. The van der Waals surface area contributed by atoms with Crippen LogP contribution in [0.3, 0.4) is 0 Å². The lowest BCUT2D eigenvalue weighted by atomic mass is 9.77. The van der Waals surface area contributed by atoms with Crippen LogP contribution in [0.15, 0.2) is 71.6 Å². The maximum atomic E-state index is 13.5. The van der Waals surface area contributed by atoms with E-state index in [2.05, 4.69) is 18.7 Å². The van der Waals surface area contributed by atoms with Gasteiger partial charge in [-0.15, -0.1) is 0 Å². The van der Waals surface area contributed by atoms with E-state index in [9.17, 15) is 14.9 Å². The highest BCUT2D eigenvalue weighted by Crippen LogP contribution is 2.48. The molecule has 0 bridgehead atoms. The molecule has 2 aromatic rings. The first-order chi connectivity index (χ1) is 16.9. The minimum atomic E-state index is -0.533. The topological polar surface area (TPSA) is 81.9 Å². The summed E-state index contributed by atoms with van der Waals surface area (Å²) in [5, 5.41) is 11.6. The summed E-state index contributed by atoms with van der Waals surface area (Å²) in [5.41, 5.74) is 2.75. The van der Waals surface area contributed by atoms with Crippen molar-refractivity contribution in [1.29, 1.82) is 0 Å². The number of non-ortho nitro benzene ring substituents is 1. The van der Waals surface area contributed by atoms with Crippen LogP contribution in [0.2, 0.25) is 0 Å². The summed E-state index contributed by atoms with van der Waals surface area (Å²) in [5.74, 6) is 0.222. The van der Waals surface area contributed by atoms with Gasteiger partial charge >= 0.3 is 5.97 Å². The largest absolute Gasteiger partial charge is 0.463 e. The molecule has 0 aliphatic carbocycles. The first-order valence-electron chi connectivity index (χ1n) is 12.3. The average Bonchev–Trinajstić information content (AvgIpc) is 2.88. The van der Waals surface area contributed by atoms with E-state index in [4.69, 9.17) is 9.47 Å². The second-order valence-electron chi connectivity index (χ2n) is 9.18. The minimum absolute atomic E-state index is 0.0129. The lowest BCUT2D eigenvalue weighted by molar-refractivity contribution is -0.384. The van der Waals surface area contributed by atoms with E-state index in [1.54, 1.807) is 19.1 Å². The highest BCUT2D eigenvalue weighted by atomic mass is 16.6. The van der Waals surface area contributed by atoms with Gasteiger partial charge in [0, 0.05) is 42.3 Å². The Kier molecular flexibility index (Phi) is 7.54. The fourth-order valence-corrected chi connectivity index (χ4v) is 4.93. The van der Waals surface area contributed by atoms with Gasteiger partial charge in [-0.3, -0.25) is 10.1 Å². The average molecular weight is 477 g/mol. The SMILES string of the molecule is CCOC(=O)C1=C(c2ccccc2)OC(N2CCCCC2)=C(C(C)C)[C@@H]1c1cccc([N+](=O)[O-])c1. The van der Waals surface area contributed by atoms with E-state index in [1.807, 2.05) is 36.4 Å². The number of benzene rings is 2. The highest BCUT2D eigenvalue weighted by Gasteiger charge is 2.41. The van der Waals surface area contributed by atoms with Crippen molar-refractivity contribution in [3.05, 3.63) is 92.9 Å². The Morgan fingerprint density at radius 1 is 1.11 bits per heavy atom. The number of carbonyl (C=O) groups excluding carboxylic acids is 1. The summed E-state index contributed by atoms with van der Waals surface area (Å²) >= 11 is 0. The molecule has 7 nitrogen and oxygen atoms in total. The number of ether oxygens (including phenoxy) is 2. The summed E-state index contributed by atoms with van der Waals surface area (Å²) in [6.45, 7) is 7.86. The molecule has 2 aromatic carbocycles. The van der Waals surface area contributed by atoms with Gasteiger partial charge in [-0.05, 0) is 37.7 Å². The summed E-state index contributed by atoms with van der Waals surface area (Å²) in [6.07, 6.45) is 3.30. The summed E-state index contributed by atoms with van der Waals surface area (Å²) in [6, 6.07) is 16.1. The van der Waals surface area contributed by atoms with Crippen molar-refractivity contribution in [3.8, 4) is 0 Å². The molecule has 1 saturated heterocycles. The molecule has 0 N–H and O–H groups in total. The number of likely N-dealkylation sites (tertiary alicyclic amines) is 1. The predicted octanol–water partition coefficient (Wildman–Crippen LogP) is 6.04. The van der Waals surface area contributed by atoms with Gasteiger partial charge in [0.05, 0.1) is 17.1 Å². The minimum Gasteiger partial charge on any atom is -0.463 e. The number of nitro groups is 1. The molecule has 0 amide bonds. The van der Waals surface area contributed by atoms with Crippen molar-refractivity contribution in [2.24, 2.45) is 5.92 Å². The molecule has 0 radical (unpaired) electrons. The van der Waals surface area contributed by atoms with Crippen molar-refractivity contribution in [3.63, 3.8) is 0 Å². The molecular weight excluding hydrogens is 444 g/mol. The first kappa shape index (κ1) is 24.5. The van der Waals surface area contributed by atoms with Crippen LogP contribution >= 0.6 is 0 Å². The molecular formula is C28H32N2O5. The smallest absolute Gasteiger partial charge is 0.338 e. The van der Waals surface area contributed by atoms with Crippen LogP contribution in [0.25, 0.3) is 5.76 Å². The van der Waals surface area contributed by atoms with Crippen LogP contribution in [-0.2, 0) is 14.3 Å². The van der Waals surface area contributed by atoms with Crippen molar-refractivity contribution in [1.82, 2.24) is 4.90 Å². The summed E-state index contributed by atoms with van der Waals surface area (Å²) < 4.78 is 12.2. The Morgan fingerprint density at radius 2 is 1.83 bits per heavy atom. The van der Waals surface area contributed by atoms with Crippen molar-refractivity contribution in [2.45, 2.75) is 46.0 Å². The van der Waals surface area contributed by atoms with E-state index < -0.39 is 16.8 Å². The van der Waals surface area contributed by atoms with Gasteiger partial charge in [0.25, 0.3) is 5.69 Å². The molecule has 2 aliphatic rings. The Hall–Kier alpha value is -3.61. The van der Waals surface area contributed by atoms with Crippen LogP contribution in [0, 0.1) is 16.0 Å². The third-order valence-corrected chi connectivity index (χ3v) is 6.50. The lowest BCUT2D eigenvalue weighted by Gasteiger charge is -2.40. The first-order valence-corrected chi connectivity index (χ1v) is 12.3. The van der Waals surface area contributed by atoms with Crippen LogP contribution in [0.1, 0.15) is 57.1 Å². The molecule has 184 valence electrons. The van der Waals surface area contributed by atoms with Crippen LogP contribution in [0.5, 0.6) is 0 Å². The fourth-order valence-electron chi connectivity index (χ4n) is 4.93. The third-order valence-electron chi connectivity index (χ3n) is 6.50. The second kappa shape index (κ2) is 10.8. The molecule has 2 aliphatic heterocycles. The van der Waals surface area contributed by atoms with Crippen LogP contribution in [-0.4, -0.2) is 35.5 Å². The molecule has 2 heterocycles. The zero-order valence-corrected chi connectivity index (χ0v) is 20.5. The summed E-state index contributed by atoms with van der Waals surface area (Å²) in [7, 11) is 0. The number of hydrogen-bond donors (Lipinski definition) is 0. The molecule has 0 spiro atoms. The third kappa shape index (κ3) is 5.09. The fraction of sp³-hybridized carbons (Fsp3) is 0.393. The Balaban J connectivity index is 2.01. The van der Waals surface area contributed by atoms with E-state index in [0.717, 1.165) is 43.0 Å². The Bertz CT molecular complexity index is 1150. The van der Waals surface area contributed by atoms with Gasteiger partial charge in [0.1, 0.15) is 5.76 Å².